The van der Waals surface area contributed by atoms with E-state index in [-0.39, 0.29) is 15.7 Å². The van der Waals surface area contributed by atoms with Crippen LogP contribution in [0.3, 0.4) is 0 Å². The van der Waals surface area contributed by atoms with Crippen LogP contribution in [0.2, 0.25) is 0 Å². The van der Waals surface area contributed by atoms with Crippen molar-refractivity contribution in [3.8, 4) is 0 Å². The number of anilines is 1. The van der Waals surface area contributed by atoms with Crippen molar-refractivity contribution < 1.29 is 27.9 Å². The molecule has 0 saturated heterocycles. The lowest BCUT2D eigenvalue weighted by molar-refractivity contribution is -0.192. The molecule has 0 heterocycles. The summed E-state index contributed by atoms with van der Waals surface area (Å²) in [7, 11) is 0. The van der Waals surface area contributed by atoms with Crippen LogP contribution >= 0.6 is 15.9 Å². The van der Waals surface area contributed by atoms with Gasteiger partial charge in [0.25, 0.3) is 0 Å². The summed E-state index contributed by atoms with van der Waals surface area (Å²) in [5, 5.41) is 10.7. The van der Waals surface area contributed by atoms with Gasteiger partial charge in [0.2, 0.25) is 11.4 Å². The van der Waals surface area contributed by atoms with Gasteiger partial charge in [0.05, 0.1) is 0 Å². The van der Waals surface area contributed by atoms with E-state index >= 15 is 0 Å². The van der Waals surface area contributed by atoms with Crippen molar-refractivity contribution >= 4 is 33.5 Å². The van der Waals surface area contributed by atoms with Crippen LogP contribution in [-0.2, 0) is 4.79 Å². The van der Waals surface area contributed by atoms with Gasteiger partial charge in [-0.15, -0.1) is 0 Å². The molecule has 1 aromatic carbocycles. The minimum Gasteiger partial charge on any atom is -0.479 e. The lowest BCUT2D eigenvalue weighted by atomic mass is 10.0. The smallest absolute Gasteiger partial charge is 0.422 e. The second-order valence-electron chi connectivity index (χ2n) is 4.11. The Morgan fingerprint density at radius 3 is 2.25 bits per heavy atom. The van der Waals surface area contributed by atoms with Gasteiger partial charge in [0.15, 0.2) is 0 Å². The summed E-state index contributed by atoms with van der Waals surface area (Å²) in [6, 6.07) is 3.52. The lowest BCUT2D eigenvalue weighted by Gasteiger charge is -2.30. The molecule has 9 heteroatoms. The second kappa shape index (κ2) is 5.31. The van der Waals surface area contributed by atoms with Gasteiger partial charge < -0.3 is 16.2 Å². The molecule has 110 valence electrons. The molecule has 0 aliphatic rings. The predicted octanol–water partition coefficient (Wildman–Crippen LogP) is 2.37. The number of hydrogen-bond acceptors (Lipinski definition) is 3. The van der Waals surface area contributed by atoms with Crippen LogP contribution in [-0.4, -0.2) is 28.7 Å². The van der Waals surface area contributed by atoms with Crippen LogP contribution in [0.15, 0.2) is 22.7 Å². The average Bonchev–Trinajstić information content (AvgIpc) is 2.29. The van der Waals surface area contributed by atoms with Crippen molar-refractivity contribution in [1.82, 2.24) is 0 Å². The maximum atomic E-state index is 12.8. The summed E-state index contributed by atoms with van der Waals surface area (Å²) >= 11 is 2.95. The molecule has 1 rings (SSSR count). The fourth-order valence-electron chi connectivity index (χ4n) is 1.28. The normalized spacial score (nSPS) is 14.4. The van der Waals surface area contributed by atoms with E-state index in [0.29, 0.717) is 6.92 Å². The van der Waals surface area contributed by atoms with Crippen molar-refractivity contribution in [2.75, 3.05) is 5.32 Å². The third kappa shape index (κ3) is 3.03. The molecule has 0 radical (unpaired) electrons. The Hall–Kier alpha value is -1.77. The SMILES string of the molecule is CC(Nc1ccc(C(N)=O)cc1Br)(C(=O)O)C(F)(F)F. The van der Waals surface area contributed by atoms with Crippen LogP contribution in [0.5, 0.6) is 0 Å². The first kappa shape index (κ1) is 16.3. The molecule has 0 aliphatic carbocycles. The van der Waals surface area contributed by atoms with Crippen LogP contribution in [0.1, 0.15) is 17.3 Å². The molecule has 0 spiro atoms. The van der Waals surface area contributed by atoms with Gasteiger partial charge in [0.1, 0.15) is 0 Å². The second-order valence-corrected chi connectivity index (χ2v) is 4.97. The van der Waals surface area contributed by atoms with E-state index in [1.54, 1.807) is 0 Å². The number of carbonyl (C=O) groups is 2. The Morgan fingerprint density at radius 2 is 1.90 bits per heavy atom. The minimum absolute atomic E-state index is 0.0754. The van der Waals surface area contributed by atoms with E-state index in [0.717, 1.165) is 6.07 Å². The minimum atomic E-state index is -5.01. The summed E-state index contributed by atoms with van der Waals surface area (Å²) in [4.78, 5) is 21.8. The third-order valence-corrected chi connectivity index (χ3v) is 3.29. The number of amides is 1. The van der Waals surface area contributed by atoms with Crippen molar-refractivity contribution in [2.24, 2.45) is 5.73 Å². The highest BCUT2D eigenvalue weighted by atomic mass is 79.9. The van der Waals surface area contributed by atoms with E-state index in [1.165, 1.54) is 12.1 Å². The maximum Gasteiger partial charge on any atom is 0.422 e. The molecule has 0 bridgehead atoms. The maximum absolute atomic E-state index is 12.8. The van der Waals surface area contributed by atoms with Crippen LogP contribution < -0.4 is 11.1 Å². The number of aliphatic carboxylic acids is 1. The Kier molecular flexibility index (Phi) is 4.33. The summed E-state index contributed by atoms with van der Waals surface area (Å²) in [5.41, 5.74) is 1.81. The van der Waals surface area contributed by atoms with E-state index in [9.17, 15) is 22.8 Å². The Balaban J connectivity index is 3.20. The van der Waals surface area contributed by atoms with Crippen molar-refractivity contribution in [1.29, 1.82) is 0 Å². The number of nitrogens with two attached hydrogens (primary N) is 1. The molecular weight excluding hydrogens is 345 g/mol. The molecule has 1 aromatic rings. The first-order valence-corrected chi connectivity index (χ1v) is 5.96. The number of hydrogen-bond donors (Lipinski definition) is 3. The zero-order valence-corrected chi connectivity index (χ0v) is 11.7. The van der Waals surface area contributed by atoms with Gasteiger partial charge in [-0.25, -0.2) is 4.79 Å². The summed E-state index contributed by atoms with van der Waals surface area (Å²) in [5.74, 6) is -2.83. The highest BCUT2D eigenvalue weighted by Gasteiger charge is 2.57. The molecule has 0 saturated carbocycles. The zero-order valence-electron chi connectivity index (χ0n) is 10.1. The quantitative estimate of drug-likeness (QED) is 0.773. The molecule has 1 unspecified atom stereocenters. The van der Waals surface area contributed by atoms with Gasteiger partial charge in [-0.1, -0.05) is 0 Å². The van der Waals surface area contributed by atoms with E-state index in [4.69, 9.17) is 10.8 Å². The van der Waals surface area contributed by atoms with Crippen LogP contribution in [0.4, 0.5) is 18.9 Å². The van der Waals surface area contributed by atoms with Crippen LogP contribution in [0, 0.1) is 0 Å². The van der Waals surface area contributed by atoms with Crippen molar-refractivity contribution in [3.63, 3.8) is 0 Å². The molecule has 4 N–H and O–H groups in total. The Morgan fingerprint density at radius 1 is 1.35 bits per heavy atom. The van der Waals surface area contributed by atoms with Gasteiger partial charge in [-0.2, -0.15) is 13.2 Å². The first-order chi connectivity index (χ1) is 8.99. The van der Waals surface area contributed by atoms with Gasteiger partial charge >= 0.3 is 12.1 Å². The molecule has 1 atom stereocenters. The van der Waals surface area contributed by atoms with E-state index in [2.05, 4.69) is 15.9 Å². The monoisotopic (exact) mass is 354 g/mol. The lowest BCUT2D eigenvalue weighted by Crippen LogP contribution is -2.55. The number of rotatable bonds is 4. The number of nitrogens with one attached hydrogen (secondary N) is 1. The summed E-state index contributed by atoms with van der Waals surface area (Å²) < 4.78 is 38.6. The molecule has 0 aliphatic heterocycles. The number of halogens is 4. The predicted molar refractivity (Wildman–Crippen MR) is 68.4 cm³/mol. The zero-order chi connectivity index (χ0) is 15.7. The van der Waals surface area contributed by atoms with Gasteiger partial charge in [0, 0.05) is 15.7 Å². The average molecular weight is 355 g/mol. The van der Waals surface area contributed by atoms with Gasteiger partial charge in [-0.3, -0.25) is 4.79 Å². The topological polar surface area (TPSA) is 92.4 Å². The van der Waals surface area contributed by atoms with E-state index in [1.807, 2.05) is 5.32 Å². The van der Waals surface area contributed by atoms with Crippen molar-refractivity contribution in [3.05, 3.63) is 28.2 Å². The number of benzene rings is 1. The Labute approximate surface area is 120 Å². The largest absolute Gasteiger partial charge is 0.479 e. The fraction of sp³-hybridized carbons (Fsp3) is 0.273. The summed E-state index contributed by atoms with van der Waals surface area (Å²) in [6.07, 6.45) is -5.01. The molecule has 0 aromatic heterocycles. The molecule has 1 amide bonds. The third-order valence-electron chi connectivity index (χ3n) is 2.63. The number of carboxylic acids is 1. The number of carbonyl (C=O) groups excluding carboxylic acids is 1. The molecule has 20 heavy (non-hydrogen) atoms. The summed E-state index contributed by atoms with van der Waals surface area (Å²) in [6.45, 7) is 0.504. The molecule has 0 fully saturated rings. The van der Waals surface area contributed by atoms with Gasteiger partial charge in [-0.05, 0) is 41.1 Å². The van der Waals surface area contributed by atoms with Crippen molar-refractivity contribution in [2.45, 2.75) is 18.6 Å². The fourth-order valence-corrected chi connectivity index (χ4v) is 1.76. The van der Waals surface area contributed by atoms with E-state index < -0.39 is 23.6 Å². The number of carboxylic acid groups (broad SMARTS) is 1. The number of alkyl halides is 3. The number of primary amides is 1. The standard InChI is InChI=1S/C11H10BrF3N2O3/c1-10(9(19)20,11(13,14)15)17-7-3-2-5(8(16)18)4-6(7)12/h2-4,17H,1H3,(H2,16,18)(H,19,20). The molecular formula is C11H10BrF3N2O3. The highest BCUT2D eigenvalue weighted by Crippen LogP contribution is 2.36. The highest BCUT2D eigenvalue weighted by molar-refractivity contribution is 9.10. The Bertz CT molecular complexity index is 562. The molecule has 5 nitrogen and oxygen atoms in total. The van der Waals surface area contributed by atoms with Crippen LogP contribution in [0.25, 0.3) is 0 Å². The first-order valence-electron chi connectivity index (χ1n) is 5.16.